The van der Waals surface area contributed by atoms with Gasteiger partial charge in [-0.15, -0.1) is 0 Å². The van der Waals surface area contributed by atoms with E-state index in [1.54, 1.807) is 6.07 Å². The lowest BCUT2D eigenvalue weighted by molar-refractivity contribution is -0.380. The van der Waals surface area contributed by atoms with E-state index in [4.69, 9.17) is 0 Å². The van der Waals surface area contributed by atoms with E-state index in [0.29, 0.717) is 4.88 Å². The number of carbonyl (C=O) groups is 1. The molecule has 2 aromatic rings. The maximum atomic E-state index is 12.0. The standard InChI is InChI=1S/C15H13N3O3S/c19-15(13-8-12(13)10-4-2-1-3-5-10)17-16-9-11-6-7-14(22-11)18(20)21/h1-7,9,12-13H,8H2,(H,17,19)/b16-9-/t12-,13-/m0/s1. The Balaban J connectivity index is 1.53. The molecule has 1 amide bonds. The van der Waals surface area contributed by atoms with Gasteiger partial charge in [-0.05, 0) is 24.0 Å². The molecule has 1 aromatic heterocycles. The van der Waals surface area contributed by atoms with Crippen molar-refractivity contribution in [2.24, 2.45) is 11.0 Å². The molecule has 1 N–H and O–H groups in total. The monoisotopic (exact) mass is 315 g/mol. The maximum absolute atomic E-state index is 12.0. The maximum Gasteiger partial charge on any atom is 0.324 e. The summed E-state index contributed by atoms with van der Waals surface area (Å²) in [5.41, 5.74) is 3.67. The number of hydrazone groups is 1. The lowest BCUT2D eigenvalue weighted by atomic mass is 10.1. The van der Waals surface area contributed by atoms with E-state index in [1.807, 2.05) is 30.3 Å². The first kappa shape index (κ1) is 14.4. The van der Waals surface area contributed by atoms with Crippen LogP contribution in [0, 0.1) is 16.0 Å². The molecule has 1 fully saturated rings. The molecule has 0 aliphatic heterocycles. The molecule has 0 radical (unpaired) electrons. The highest BCUT2D eigenvalue weighted by Gasteiger charge is 2.43. The van der Waals surface area contributed by atoms with Crippen LogP contribution in [0.1, 0.15) is 22.8 Å². The molecule has 0 saturated heterocycles. The minimum absolute atomic E-state index is 0.0442. The third-order valence-electron chi connectivity index (χ3n) is 3.51. The largest absolute Gasteiger partial charge is 0.324 e. The Labute approximate surface area is 130 Å². The number of nitrogens with one attached hydrogen (secondary N) is 1. The zero-order valence-electron chi connectivity index (χ0n) is 11.5. The lowest BCUT2D eigenvalue weighted by Crippen LogP contribution is -2.19. The highest BCUT2D eigenvalue weighted by molar-refractivity contribution is 7.16. The molecule has 7 heteroatoms. The normalized spacial score (nSPS) is 20.0. The molecule has 1 saturated carbocycles. The number of benzene rings is 1. The average molecular weight is 315 g/mol. The van der Waals surface area contributed by atoms with Gasteiger partial charge in [0, 0.05) is 12.0 Å². The van der Waals surface area contributed by atoms with Gasteiger partial charge in [-0.1, -0.05) is 41.7 Å². The van der Waals surface area contributed by atoms with Crippen molar-refractivity contribution in [1.29, 1.82) is 0 Å². The Bertz CT molecular complexity index is 727. The molecule has 1 heterocycles. The Morgan fingerprint density at radius 2 is 2.09 bits per heavy atom. The zero-order valence-corrected chi connectivity index (χ0v) is 12.3. The van der Waals surface area contributed by atoms with Crippen LogP contribution in [0.2, 0.25) is 0 Å². The van der Waals surface area contributed by atoms with E-state index >= 15 is 0 Å². The Kier molecular flexibility index (Phi) is 3.97. The van der Waals surface area contributed by atoms with Gasteiger partial charge in [0.2, 0.25) is 5.91 Å². The Morgan fingerprint density at radius 1 is 1.32 bits per heavy atom. The van der Waals surface area contributed by atoms with Crippen LogP contribution in [-0.2, 0) is 4.79 Å². The summed E-state index contributed by atoms with van der Waals surface area (Å²) >= 11 is 1.01. The summed E-state index contributed by atoms with van der Waals surface area (Å²) in [4.78, 5) is 22.7. The topological polar surface area (TPSA) is 84.6 Å². The Hall–Kier alpha value is -2.54. The highest BCUT2D eigenvalue weighted by Crippen LogP contribution is 2.47. The molecule has 22 heavy (non-hydrogen) atoms. The highest BCUT2D eigenvalue weighted by atomic mass is 32.1. The number of hydrogen-bond donors (Lipinski definition) is 1. The van der Waals surface area contributed by atoms with E-state index in [1.165, 1.54) is 17.8 Å². The van der Waals surface area contributed by atoms with Gasteiger partial charge in [0.15, 0.2) is 0 Å². The summed E-state index contributed by atoms with van der Waals surface area (Å²) < 4.78 is 0. The smallest absolute Gasteiger partial charge is 0.273 e. The number of nitrogens with zero attached hydrogens (tertiary/aromatic N) is 2. The van der Waals surface area contributed by atoms with Gasteiger partial charge in [-0.2, -0.15) is 5.10 Å². The van der Waals surface area contributed by atoms with Crippen LogP contribution in [0.15, 0.2) is 47.6 Å². The van der Waals surface area contributed by atoms with Crippen LogP contribution in [0.3, 0.4) is 0 Å². The minimum Gasteiger partial charge on any atom is -0.273 e. The van der Waals surface area contributed by atoms with Crippen molar-refractivity contribution in [1.82, 2.24) is 5.43 Å². The number of rotatable bonds is 5. The van der Waals surface area contributed by atoms with Crippen molar-refractivity contribution in [3.63, 3.8) is 0 Å². The number of hydrogen-bond acceptors (Lipinski definition) is 5. The first-order valence-corrected chi connectivity index (χ1v) is 7.59. The van der Waals surface area contributed by atoms with Crippen LogP contribution in [0.4, 0.5) is 5.00 Å². The van der Waals surface area contributed by atoms with Crippen molar-refractivity contribution < 1.29 is 9.72 Å². The molecule has 1 aliphatic carbocycles. The van der Waals surface area contributed by atoms with E-state index in [0.717, 1.165) is 17.8 Å². The summed E-state index contributed by atoms with van der Waals surface area (Å²) in [5.74, 6) is 0.104. The van der Waals surface area contributed by atoms with Gasteiger partial charge in [0.1, 0.15) is 0 Å². The van der Waals surface area contributed by atoms with E-state index in [2.05, 4.69) is 10.5 Å². The number of carbonyl (C=O) groups excluding carboxylic acids is 1. The molecule has 3 rings (SSSR count). The van der Waals surface area contributed by atoms with Crippen molar-refractivity contribution >= 4 is 28.5 Å². The Morgan fingerprint density at radius 3 is 2.77 bits per heavy atom. The third kappa shape index (κ3) is 3.20. The van der Waals surface area contributed by atoms with Gasteiger partial charge >= 0.3 is 5.00 Å². The van der Waals surface area contributed by atoms with Crippen LogP contribution in [-0.4, -0.2) is 17.0 Å². The predicted molar refractivity (Wildman–Crippen MR) is 84.0 cm³/mol. The van der Waals surface area contributed by atoms with Crippen LogP contribution in [0.25, 0.3) is 0 Å². The summed E-state index contributed by atoms with van der Waals surface area (Å²) in [6.45, 7) is 0. The minimum atomic E-state index is -0.449. The fourth-order valence-electron chi connectivity index (χ4n) is 2.31. The second-order valence-electron chi connectivity index (χ2n) is 5.03. The van der Waals surface area contributed by atoms with Crippen LogP contribution < -0.4 is 5.43 Å². The molecule has 2 atom stereocenters. The average Bonchev–Trinajstić information content (AvgIpc) is 3.19. The predicted octanol–water partition coefficient (Wildman–Crippen LogP) is 2.91. The summed E-state index contributed by atoms with van der Waals surface area (Å²) in [5, 5.41) is 14.5. The van der Waals surface area contributed by atoms with Crippen molar-refractivity contribution in [3.8, 4) is 0 Å². The molecule has 1 aromatic carbocycles. The summed E-state index contributed by atoms with van der Waals surface area (Å²) in [6.07, 6.45) is 2.26. The molecule has 1 aliphatic rings. The van der Waals surface area contributed by atoms with Gasteiger partial charge in [0.25, 0.3) is 0 Å². The number of thiophene rings is 1. The van der Waals surface area contributed by atoms with Crippen molar-refractivity contribution in [2.75, 3.05) is 0 Å². The number of nitro groups is 1. The first-order chi connectivity index (χ1) is 10.6. The molecular formula is C15H13N3O3S. The SMILES string of the molecule is O=C(N/N=C\c1ccc([N+](=O)[O-])s1)[C@H]1C[C@H]1c1ccccc1. The van der Waals surface area contributed by atoms with Crippen molar-refractivity contribution in [2.45, 2.75) is 12.3 Å². The van der Waals surface area contributed by atoms with Crippen LogP contribution in [0.5, 0.6) is 0 Å². The van der Waals surface area contributed by atoms with Gasteiger partial charge in [-0.25, -0.2) is 5.43 Å². The van der Waals surface area contributed by atoms with Gasteiger partial charge in [0.05, 0.1) is 16.0 Å². The molecular weight excluding hydrogens is 302 g/mol. The second kappa shape index (κ2) is 6.07. The lowest BCUT2D eigenvalue weighted by Gasteiger charge is -1.99. The van der Waals surface area contributed by atoms with Crippen LogP contribution >= 0.6 is 11.3 Å². The fraction of sp³-hybridized carbons (Fsp3) is 0.200. The fourth-order valence-corrected chi connectivity index (χ4v) is 3.00. The first-order valence-electron chi connectivity index (χ1n) is 6.77. The molecule has 112 valence electrons. The van der Waals surface area contributed by atoms with Crippen molar-refractivity contribution in [3.05, 3.63) is 63.0 Å². The second-order valence-corrected chi connectivity index (χ2v) is 6.12. The molecule has 0 bridgehead atoms. The molecule has 0 unspecified atom stereocenters. The van der Waals surface area contributed by atoms with E-state index < -0.39 is 4.92 Å². The number of amides is 1. The zero-order chi connectivity index (χ0) is 15.5. The quantitative estimate of drug-likeness (QED) is 0.523. The third-order valence-corrected chi connectivity index (χ3v) is 4.49. The van der Waals surface area contributed by atoms with E-state index in [9.17, 15) is 14.9 Å². The molecule has 6 nitrogen and oxygen atoms in total. The summed E-state index contributed by atoms with van der Waals surface area (Å²) in [7, 11) is 0. The van der Waals surface area contributed by atoms with Gasteiger partial charge in [-0.3, -0.25) is 14.9 Å². The van der Waals surface area contributed by atoms with E-state index in [-0.39, 0.29) is 22.7 Å². The van der Waals surface area contributed by atoms with Gasteiger partial charge < -0.3 is 0 Å². The summed E-state index contributed by atoms with van der Waals surface area (Å²) in [6, 6.07) is 12.9. The molecule has 0 spiro atoms.